The molecule has 2 aromatic carbocycles. The monoisotopic (exact) mass is 384 g/mol. The van der Waals surface area contributed by atoms with Crippen molar-refractivity contribution in [1.82, 2.24) is 0 Å². The number of fused-ring (bicyclic) bond motifs is 1. The summed E-state index contributed by atoms with van der Waals surface area (Å²) in [5.41, 5.74) is 2.24. The van der Waals surface area contributed by atoms with E-state index in [0.29, 0.717) is 19.8 Å². The van der Waals surface area contributed by atoms with Crippen molar-refractivity contribution in [3.8, 4) is 0 Å². The minimum atomic E-state index is -0.842. The van der Waals surface area contributed by atoms with Gasteiger partial charge in [0.05, 0.1) is 19.8 Å². The van der Waals surface area contributed by atoms with E-state index in [0.717, 1.165) is 11.1 Å². The molecule has 2 aliphatic rings. The molecule has 5 heteroatoms. The van der Waals surface area contributed by atoms with Crippen molar-refractivity contribution in [2.75, 3.05) is 6.61 Å². The van der Waals surface area contributed by atoms with Crippen LogP contribution < -0.4 is 0 Å². The highest BCUT2D eigenvalue weighted by Gasteiger charge is 2.62. The zero-order valence-electron chi connectivity index (χ0n) is 16.7. The molecule has 2 fully saturated rings. The number of ether oxygens (including phenoxy) is 5. The summed E-state index contributed by atoms with van der Waals surface area (Å²) in [5, 5.41) is 0. The number of hydrogen-bond acceptors (Lipinski definition) is 5. The first-order valence-corrected chi connectivity index (χ1v) is 9.78. The van der Waals surface area contributed by atoms with Crippen LogP contribution >= 0.6 is 0 Å². The van der Waals surface area contributed by atoms with Crippen molar-refractivity contribution >= 4 is 0 Å². The van der Waals surface area contributed by atoms with Crippen LogP contribution in [0, 0.1) is 0 Å². The van der Waals surface area contributed by atoms with Crippen LogP contribution in [0.4, 0.5) is 0 Å². The first-order valence-electron chi connectivity index (χ1n) is 9.78. The Kier molecular flexibility index (Phi) is 5.54. The summed E-state index contributed by atoms with van der Waals surface area (Å²) in [5.74, 6) is -1.55. The average molecular weight is 384 g/mol. The van der Waals surface area contributed by atoms with Crippen LogP contribution in [0.3, 0.4) is 0 Å². The Hall–Kier alpha value is -1.76. The number of hydrogen-bond donors (Lipinski definition) is 0. The van der Waals surface area contributed by atoms with E-state index in [2.05, 4.69) is 0 Å². The number of benzene rings is 2. The van der Waals surface area contributed by atoms with Gasteiger partial charge in [-0.05, 0) is 31.9 Å². The topological polar surface area (TPSA) is 46.2 Å². The predicted octanol–water partition coefficient (Wildman–Crippen LogP) is 4.06. The third-order valence-electron chi connectivity index (χ3n) is 5.11. The molecule has 0 aromatic heterocycles. The largest absolute Gasteiger partial charge is 0.374 e. The third-order valence-corrected chi connectivity index (χ3v) is 5.11. The van der Waals surface area contributed by atoms with Crippen LogP contribution in [0.25, 0.3) is 0 Å². The summed E-state index contributed by atoms with van der Waals surface area (Å²) in [6.45, 7) is 7.14. The van der Waals surface area contributed by atoms with Crippen molar-refractivity contribution in [2.24, 2.45) is 0 Å². The molecule has 4 atom stereocenters. The van der Waals surface area contributed by atoms with E-state index in [4.69, 9.17) is 23.7 Å². The molecule has 2 aliphatic heterocycles. The molecular formula is C23H28O5. The fraction of sp³-hybridized carbons (Fsp3) is 0.478. The lowest BCUT2D eigenvalue weighted by atomic mass is 10.1. The molecule has 0 N–H and O–H groups in total. The van der Waals surface area contributed by atoms with Gasteiger partial charge in [-0.15, -0.1) is 0 Å². The standard InChI is InChI=1S/C23H28O5/c1-22(2)27-21-20(25-15-18-12-8-5-9-13-18)19(26-23(21,3)28-22)16-24-14-17-10-6-4-7-11-17/h4-13,19-21H,14-16H2,1-3H3/t19-,20+,21-,23-/m0/s1. The van der Waals surface area contributed by atoms with Gasteiger partial charge in [-0.2, -0.15) is 0 Å². The van der Waals surface area contributed by atoms with Crippen molar-refractivity contribution < 1.29 is 23.7 Å². The van der Waals surface area contributed by atoms with Crippen molar-refractivity contribution in [2.45, 2.75) is 63.9 Å². The van der Waals surface area contributed by atoms with Gasteiger partial charge in [-0.25, -0.2) is 0 Å². The van der Waals surface area contributed by atoms with Gasteiger partial charge in [-0.1, -0.05) is 60.7 Å². The van der Waals surface area contributed by atoms with Crippen molar-refractivity contribution in [3.05, 3.63) is 71.8 Å². The Morgan fingerprint density at radius 1 is 0.821 bits per heavy atom. The zero-order chi connectivity index (χ0) is 19.6. The van der Waals surface area contributed by atoms with Gasteiger partial charge in [0.1, 0.15) is 18.3 Å². The fourth-order valence-corrected chi connectivity index (χ4v) is 3.96. The molecule has 4 rings (SSSR count). The molecule has 28 heavy (non-hydrogen) atoms. The van der Waals surface area contributed by atoms with Crippen LogP contribution in [0.15, 0.2) is 60.7 Å². The molecule has 5 nitrogen and oxygen atoms in total. The molecule has 2 aromatic rings. The lowest BCUT2D eigenvalue weighted by Gasteiger charge is -2.26. The highest BCUT2D eigenvalue weighted by atomic mass is 16.9. The summed E-state index contributed by atoms with van der Waals surface area (Å²) in [6.07, 6.45) is -0.849. The van der Waals surface area contributed by atoms with Crippen molar-refractivity contribution in [3.63, 3.8) is 0 Å². The molecule has 0 saturated carbocycles. The summed E-state index contributed by atoms with van der Waals surface area (Å²) >= 11 is 0. The molecule has 0 aliphatic carbocycles. The summed E-state index contributed by atoms with van der Waals surface area (Å²) in [6, 6.07) is 20.2. The van der Waals surface area contributed by atoms with Gasteiger partial charge in [0, 0.05) is 0 Å². The van der Waals surface area contributed by atoms with Gasteiger partial charge < -0.3 is 23.7 Å². The van der Waals surface area contributed by atoms with Gasteiger partial charge in [0.2, 0.25) is 0 Å². The Labute approximate surface area is 166 Å². The second-order valence-corrected chi connectivity index (χ2v) is 7.97. The molecule has 0 bridgehead atoms. The van der Waals surface area contributed by atoms with Gasteiger partial charge in [0.25, 0.3) is 0 Å². The second-order valence-electron chi connectivity index (χ2n) is 7.97. The van der Waals surface area contributed by atoms with Crippen LogP contribution in [0.2, 0.25) is 0 Å². The highest BCUT2D eigenvalue weighted by Crippen LogP contribution is 2.46. The maximum Gasteiger partial charge on any atom is 0.198 e. The second kappa shape index (κ2) is 7.93. The van der Waals surface area contributed by atoms with Crippen LogP contribution in [0.5, 0.6) is 0 Å². The SMILES string of the molecule is CC1(C)O[C@H]2[C@H](OCc3ccccc3)[C@H](COCc3ccccc3)O[C@@]2(C)O1. The zero-order valence-corrected chi connectivity index (χ0v) is 16.7. The fourth-order valence-electron chi connectivity index (χ4n) is 3.96. The molecule has 0 amide bonds. The van der Waals surface area contributed by atoms with E-state index < -0.39 is 11.6 Å². The van der Waals surface area contributed by atoms with Gasteiger partial charge >= 0.3 is 0 Å². The molecule has 2 heterocycles. The molecule has 2 saturated heterocycles. The average Bonchev–Trinajstić information content (AvgIpc) is 3.06. The normalized spacial score (nSPS) is 31.0. The molecule has 150 valence electrons. The molecular weight excluding hydrogens is 356 g/mol. The van der Waals surface area contributed by atoms with Crippen LogP contribution in [0.1, 0.15) is 31.9 Å². The first kappa shape index (κ1) is 19.6. The van der Waals surface area contributed by atoms with E-state index in [1.807, 2.05) is 81.4 Å². The van der Waals surface area contributed by atoms with Gasteiger partial charge in [-0.3, -0.25) is 0 Å². The maximum absolute atomic E-state index is 6.27. The quantitative estimate of drug-likeness (QED) is 0.721. The van der Waals surface area contributed by atoms with E-state index in [1.54, 1.807) is 0 Å². The predicted molar refractivity (Wildman–Crippen MR) is 104 cm³/mol. The Morgan fingerprint density at radius 2 is 1.43 bits per heavy atom. The minimum Gasteiger partial charge on any atom is -0.374 e. The molecule has 0 radical (unpaired) electrons. The Morgan fingerprint density at radius 3 is 2.07 bits per heavy atom. The smallest absolute Gasteiger partial charge is 0.198 e. The number of rotatable bonds is 7. The van der Waals surface area contributed by atoms with Crippen molar-refractivity contribution in [1.29, 1.82) is 0 Å². The van der Waals surface area contributed by atoms with E-state index in [9.17, 15) is 0 Å². The first-order chi connectivity index (χ1) is 13.5. The van der Waals surface area contributed by atoms with Crippen LogP contribution in [-0.4, -0.2) is 36.5 Å². The molecule has 0 unspecified atom stereocenters. The van der Waals surface area contributed by atoms with E-state index in [-0.39, 0.29) is 18.3 Å². The highest BCUT2D eigenvalue weighted by molar-refractivity contribution is 5.14. The van der Waals surface area contributed by atoms with E-state index in [1.165, 1.54) is 0 Å². The summed E-state index contributed by atoms with van der Waals surface area (Å²) in [7, 11) is 0. The Balaban J connectivity index is 1.43. The van der Waals surface area contributed by atoms with Gasteiger partial charge in [0.15, 0.2) is 11.6 Å². The minimum absolute atomic E-state index is 0.265. The van der Waals surface area contributed by atoms with E-state index >= 15 is 0 Å². The third kappa shape index (κ3) is 4.29. The summed E-state index contributed by atoms with van der Waals surface area (Å²) in [4.78, 5) is 0. The molecule has 0 spiro atoms. The lowest BCUT2D eigenvalue weighted by molar-refractivity contribution is -0.262. The lowest BCUT2D eigenvalue weighted by Crippen LogP contribution is -2.40. The maximum atomic E-state index is 6.27. The van der Waals surface area contributed by atoms with Crippen LogP contribution in [-0.2, 0) is 36.9 Å². The Bertz CT molecular complexity index is 763. The summed E-state index contributed by atoms with van der Waals surface area (Å²) < 4.78 is 30.7.